The van der Waals surface area contributed by atoms with E-state index in [2.05, 4.69) is 15.3 Å². The summed E-state index contributed by atoms with van der Waals surface area (Å²) >= 11 is 11.6. The van der Waals surface area contributed by atoms with E-state index in [4.69, 9.17) is 23.2 Å². The third kappa shape index (κ3) is 4.17. The van der Waals surface area contributed by atoms with Crippen molar-refractivity contribution in [1.29, 1.82) is 0 Å². The van der Waals surface area contributed by atoms with Crippen LogP contribution in [0.5, 0.6) is 0 Å². The number of rotatable bonds is 2. The molecule has 124 valence electrons. The van der Waals surface area contributed by atoms with Crippen LogP contribution in [0.2, 0.25) is 10.0 Å². The number of nitrogens with one attached hydrogen (secondary N) is 1. The van der Waals surface area contributed by atoms with Gasteiger partial charge in [-0.3, -0.25) is 0 Å². The zero-order valence-electron chi connectivity index (χ0n) is 10.7. The van der Waals surface area contributed by atoms with E-state index in [9.17, 15) is 26.3 Å². The Morgan fingerprint density at radius 3 is 1.65 bits per heavy atom. The second-order valence-electron chi connectivity index (χ2n) is 4.18. The van der Waals surface area contributed by atoms with Crippen molar-refractivity contribution in [2.75, 3.05) is 5.32 Å². The van der Waals surface area contributed by atoms with Gasteiger partial charge in [-0.1, -0.05) is 29.3 Å². The van der Waals surface area contributed by atoms with Crippen molar-refractivity contribution in [1.82, 2.24) is 9.97 Å². The topological polar surface area (TPSA) is 37.8 Å². The van der Waals surface area contributed by atoms with Crippen LogP contribution in [-0.2, 0) is 12.4 Å². The molecule has 0 aliphatic carbocycles. The molecular weight excluding hydrogens is 371 g/mol. The predicted octanol–water partition coefficient (Wildman–Crippen LogP) is 5.56. The number of hydrogen-bond donors (Lipinski definition) is 1. The molecule has 0 radical (unpaired) electrons. The first-order valence-electron chi connectivity index (χ1n) is 5.73. The Labute approximate surface area is 135 Å². The maximum atomic E-state index is 12.7. The van der Waals surface area contributed by atoms with E-state index in [1.165, 1.54) is 18.2 Å². The fourth-order valence-corrected chi connectivity index (χ4v) is 2.01. The summed E-state index contributed by atoms with van der Waals surface area (Å²) in [5, 5.41) is 2.14. The number of para-hydroxylation sites is 1. The third-order valence-electron chi connectivity index (χ3n) is 2.51. The fourth-order valence-electron chi connectivity index (χ4n) is 1.52. The van der Waals surface area contributed by atoms with Crippen LogP contribution < -0.4 is 5.32 Å². The van der Waals surface area contributed by atoms with Crippen molar-refractivity contribution < 1.29 is 26.3 Å². The molecule has 0 aliphatic rings. The molecule has 0 atom stereocenters. The quantitative estimate of drug-likeness (QED) is 0.697. The standard InChI is InChI=1S/C12H5Cl2F6N3/c13-5-2-1-3-6(14)9(5)23-10-21-7(11(15,16)17)4-8(22-10)12(18,19)20/h1-4H,(H,21,22,23). The van der Waals surface area contributed by atoms with Crippen LogP contribution in [0, 0.1) is 0 Å². The Morgan fingerprint density at radius 2 is 1.26 bits per heavy atom. The molecule has 0 spiro atoms. The smallest absolute Gasteiger partial charge is 0.322 e. The first-order valence-corrected chi connectivity index (χ1v) is 6.48. The fraction of sp³-hybridized carbons (Fsp3) is 0.167. The highest BCUT2D eigenvalue weighted by Crippen LogP contribution is 2.36. The summed E-state index contributed by atoms with van der Waals surface area (Å²) in [6.07, 6.45) is -10.2. The molecule has 0 saturated heterocycles. The molecule has 2 aromatic rings. The van der Waals surface area contributed by atoms with Crippen LogP contribution >= 0.6 is 23.2 Å². The number of benzene rings is 1. The van der Waals surface area contributed by atoms with E-state index in [0.717, 1.165) is 0 Å². The molecule has 0 saturated carbocycles. The van der Waals surface area contributed by atoms with Crippen LogP contribution in [0.1, 0.15) is 11.4 Å². The van der Waals surface area contributed by atoms with E-state index in [1.807, 2.05) is 0 Å². The number of halogens is 8. The van der Waals surface area contributed by atoms with Gasteiger partial charge in [0.15, 0.2) is 11.4 Å². The Kier molecular flexibility index (Phi) is 4.63. The van der Waals surface area contributed by atoms with E-state index in [0.29, 0.717) is 0 Å². The van der Waals surface area contributed by atoms with Crippen LogP contribution in [-0.4, -0.2) is 9.97 Å². The molecule has 0 amide bonds. The van der Waals surface area contributed by atoms with E-state index in [-0.39, 0.29) is 21.8 Å². The van der Waals surface area contributed by atoms with Gasteiger partial charge in [0, 0.05) is 0 Å². The van der Waals surface area contributed by atoms with Crippen LogP contribution in [0.4, 0.5) is 38.0 Å². The highest BCUT2D eigenvalue weighted by atomic mass is 35.5. The summed E-state index contributed by atoms with van der Waals surface area (Å²) in [4.78, 5) is 6.06. The number of hydrogen-bond acceptors (Lipinski definition) is 3. The molecule has 0 fully saturated rings. The van der Waals surface area contributed by atoms with Gasteiger partial charge >= 0.3 is 12.4 Å². The average Bonchev–Trinajstić information content (AvgIpc) is 2.41. The zero-order chi connectivity index (χ0) is 17.4. The second kappa shape index (κ2) is 6.04. The third-order valence-corrected chi connectivity index (χ3v) is 3.14. The molecule has 1 aromatic carbocycles. The molecule has 2 rings (SSSR count). The number of nitrogens with zero attached hydrogens (tertiary/aromatic N) is 2. The van der Waals surface area contributed by atoms with Gasteiger partial charge in [-0.25, -0.2) is 9.97 Å². The van der Waals surface area contributed by atoms with Crippen molar-refractivity contribution in [3.8, 4) is 0 Å². The van der Waals surface area contributed by atoms with Gasteiger partial charge in [0.2, 0.25) is 5.95 Å². The maximum Gasteiger partial charge on any atom is 0.433 e. The number of aromatic nitrogens is 2. The minimum absolute atomic E-state index is 0.0212. The molecule has 0 aliphatic heterocycles. The highest BCUT2D eigenvalue weighted by molar-refractivity contribution is 6.39. The average molecular weight is 376 g/mol. The Balaban J connectivity index is 2.54. The van der Waals surface area contributed by atoms with Crippen LogP contribution in [0.25, 0.3) is 0 Å². The lowest BCUT2D eigenvalue weighted by Crippen LogP contribution is -2.16. The van der Waals surface area contributed by atoms with Crippen molar-refractivity contribution in [3.63, 3.8) is 0 Å². The van der Waals surface area contributed by atoms with Crippen molar-refractivity contribution in [2.24, 2.45) is 0 Å². The first-order chi connectivity index (χ1) is 10.5. The minimum Gasteiger partial charge on any atom is -0.322 e. The molecule has 23 heavy (non-hydrogen) atoms. The summed E-state index contributed by atoms with van der Waals surface area (Å²) in [5.41, 5.74) is -3.60. The summed E-state index contributed by atoms with van der Waals surface area (Å²) in [6, 6.07) is 3.95. The lowest BCUT2D eigenvalue weighted by molar-refractivity contribution is -0.147. The highest BCUT2D eigenvalue weighted by Gasteiger charge is 2.39. The van der Waals surface area contributed by atoms with E-state index in [1.54, 1.807) is 0 Å². The Bertz CT molecular complexity index is 677. The van der Waals surface area contributed by atoms with Crippen LogP contribution in [0.3, 0.4) is 0 Å². The normalized spacial score (nSPS) is 12.3. The Hall–Kier alpha value is -1.74. The molecule has 3 nitrogen and oxygen atoms in total. The number of alkyl halides is 6. The van der Waals surface area contributed by atoms with Crippen molar-refractivity contribution in [2.45, 2.75) is 12.4 Å². The van der Waals surface area contributed by atoms with Gasteiger partial charge in [0.25, 0.3) is 0 Å². The molecule has 1 heterocycles. The number of anilines is 2. The SMILES string of the molecule is FC(F)(F)c1cc(C(F)(F)F)nc(Nc2c(Cl)cccc2Cl)n1. The van der Waals surface area contributed by atoms with E-state index >= 15 is 0 Å². The second-order valence-corrected chi connectivity index (χ2v) is 4.99. The van der Waals surface area contributed by atoms with Gasteiger partial charge in [-0.05, 0) is 18.2 Å². The lowest BCUT2D eigenvalue weighted by atomic mass is 10.3. The lowest BCUT2D eigenvalue weighted by Gasteiger charge is -2.14. The van der Waals surface area contributed by atoms with Gasteiger partial charge in [0.1, 0.15) is 0 Å². The molecular formula is C12H5Cl2F6N3. The van der Waals surface area contributed by atoms with Crippen molar-refractivity contribution in [3.05, 3.63) is 45.7 Å². The van der Waals surface area contributed by atoms with E-state index < -0.39 is 29.7 Å². The van der Waals surface area contributed by atoms with Gasteiger partial charge < -0.3 is 5.32 Å². The monoisotopic (exact) mass is 375 g/mol. The molecule has 0 unspecified atom stereocenters. The molecule has 1 aromatic heterocycles. The zero-order valence-corrected chi connectivity index (χ0v) is 12.2. The Morgan fingerprint density at radius 1 is 0.826 bits per heavy atom. The summed E-state index contributed by atoms with van der Waals surface area (Å²) < 4.78 is 76.2. The van der Waals surface area contributed by atoms with Crippen LogP contribution in [0.15, 0.2) is 24.3 Å². The summed E-state index contributed by atoms with van der Waals surface area (Å²) in [5.74, 6) is -0.929. The van der Waals surface area contributed by atoms with Gasteiger partial charge in [-0.15, -0.1) is 0 Å². The van der Waals surface area contributed by atoms with Gasteiger partial charge in [0.05, 0.1) is 15.7 Å². The summed E-state index contributed by atoms with van der Waals surface area (Å²) in [6.45, 7) is 0. The first kappa shape index (κ1) is 17.6. The minimum atomic E-state index is -5.08. The summed E-state index contributed by atoms with van der Waals surface area (Å²) in [7, 11) is 0. The predicted molar refractivity (Wildman–Crippen MR) is 71.8 cm³/mol. The van der Waals surface area contributed by atoms with Crippen molar-refractivity contribution >= 4 is 34.8 Å². The largest absolute Gasteiger partial charge is 0.433 e. The molecule has 0 bridgehead atoms. The maximum absolute atomic E-state index is 12.7. The molecule has 1 N–H and O–H groups in total. The molecule has 11 heteroatoms. The van der Waals surface area contributed by atoms with Gasteiger partial charge in [-0.2, -0.15) is 26.3 Å².